The summed E-state index contributed by atoms with van der Waals surface area (Å²) in [6, 6.07) is 0. The SMILES string of the molecule is C.C.C.C.C.[3H][B]C. The quantitative estimate of drug-likeness (QED) is 0.419. The second-order valence-corrected chi connectivity index (χ2v) is 0. The molecule has 0 aromatic carbocycles. The molecule has 0 aliphatic carbocycles. The lowest BCUT2D eigenvalue weighted by molar-refractivity contribution is 2.40. The molecule has 0 atom stereocenters. The first-order chi connectivity index (χ1) is 1.41. The maximum Gasteiger partial charge on any atom is 0.0823 e. The number of hydrogen-bond acceptors (Lipinski definition) is 0. The van der Waals surface area contributed by atoms with Crippen LogP contribution in [0.4, 0.5) is 0 Å². The standard InChI is InChI=1S/CH4B.5CH4/c1-2;;;;;/h2H,1H3;5*1H4/i2T;;;;;. The van der Waals surface area contributed by atoms with Gasteiger partial charge in [-0.25, -0.2) is 0 Å². The van der Waals surface area contributed by atoms with Crippen LogP contribution in [0.15, 0.2) is 0 Å². The van der Waals surface area contributed by atoms with Crippen molar-refractivity contribution in [3.05, 3.63) is 0 Å². The molecule has 0 amide bonds. The maximum absolute atomic E-state index is 6.08. The highest BCUT2D eigenvalue weighted by molar-refractivity contribution is 6.05. The molecule has 0 aliphatic rings. The van der Waals surface area contributed by atoms with Crippen LogP contribution in [0.3, 0.4) is 0 Å². The molecule has 0 aromatic heterocycles. The number of hydrogen-bond donors (Lipinski definition) is 0. The Hall–Kier alpha value is 0.0649. The van der Waals surface area contributed by atoms with E-state index in [1.165, 1.54) is 7.81 Å². The minimum absolute atomic E-state index is 0. The van der Waals surface area contributed by atoms with Crippen LogP contribution in [0.1, 0.15) is 37.1 Å². The third kappa shape index (κ3) is 23800. The fourth-order valence-electron chi connectivity index (χ4n) is 0. The highest BCUT2D eigenvalue weighted by Gasteiger charge is 0.997. The molecule has 0 N–H and O–H groups in total. The molecule has 1 heteroatoms. The van der Waals surface area contributed by atoms with Crippen LogP contribution >= 0.6 is 0 Å². The topological polar surface area (TPSA) is 0 Å². The van der Waals surface area contributed by atoms with Crippen molar-refractivity contribution in [3.63, 3.8) is 0 Å². The van der Waals surface area contributed by atoms with E-state index in [0.29, 0.717) is 0 Å². The van der Waals surface area contributed by atoms with Crippen molar-refractivity contribution < 1.29 is 0 Å². The summed E-state index contributed by atoms with van der Waals surface area (Å²) >= 11 is 0. The summed E-state index contributed by atoms with van der Waals surface area (Å²) in [5.74, 6) is 0. The molecule has 0 saturated carbocycles. The Labute approximate surface area is 54.1 Å². The van der Waals surface area contributed by atoms with Gasteiger partial charge in [0.05, 0.1) is 7.81 Å². The fourth-order valence-corrected chi connectivity index (χ4v) is 0. The van der Waals surface area contributed by atoms with Gasteiger partial charge in [-0.1, -0.05) is 44.0 Å². The van der Waals surface area contributed by atoms with Crippen LogP contribution in [-0.2, 0) is 0 Å². The largest absolute Gasteiger partial charge is 0.0958 e. The minimum Gasteiger partial charge on any atom is -0.0958 e. The second kappa shape index (κ2) is 36900. The molecule has 0 unspecified atom stereocenters. The van der Waals surface area contributed by atoms with E-state index < -0.39 is 0 Å². The molecule has 0 heterocycles. The first-order valence-corrected chi connectivity index (χ1v) is 0.577. The monoisotopic (exact) mass is 109 g/mol. The Morgan fingerprint density at radius 3 is 1.00 bits per heavy atom. The van der Waals surface area contributed by atoms with E-state index in [4.69, 9.17) is 1.34 Å². The summed E-state index contributed by atoms with van der Waals surface area (Å²) in [5, 5.41) is 0. The van der Waals surface area contributed by atoms with E-state index in [0.717, 1.165) is 0 Å². The van der Waals surface area contributed by atoms with E-state index >= 15 is 0 Å². The zero-order valence-corrected chi connectivity index (χ0v) is 1.58. The molecule has 0 saturated heterocycles. The predicted octanol–water partition coefficient (Wildman–Crippen LogP) is 3.12. The van der Waals surface area contributed by atoms with Gasteiger partial charge in [-0.15, -0.1) is 0 Å². The van der Waals surface area contributed by atoms with Gasteiger partial charge < -0.3 is 0 Å². The van der Waals surface area contributed by atoms with Crippen molar-refractivity contribution in [1.29, 1.82) is 1.34 Å². The zero-order valence-electron chi connectivity index (χ0n) is 2.58. The summed E-state index contributed by atoms with van der Waals surface area (Å²) < 4.78 is 6.08. The lowest BCUT2D eigenvalue weighted by Crippen LogP contribution is -1.13. The summed E-state index contributed by atoms with van der Waals surface area (Å²) in [7, 11) is 1.25. The lowest BCUT2D eigenvalue weighted by Gasteiger charge is -1.01. The van der Waals surface area contributed by atoms with Crippen LogP contribution < -0.4 is 0 Å². The van der Waals surface area contributed by atoms with Crippen LogP contribution in [0.2, 0.25) is 6.82 Å². The molecular weight excluding hydrogens is 82.9 g/mol. The Morgan fingerprint density at radius 2 is 1.00 bits per heavy atom. The Kier molecular flexibility index (Phi) is 321000. The molecule has 0 spiro atoms. The first kappa shape index (κ1) is 60.9. The second-order valence-electron chi connectivity index (χ2n) is 0. The molecule has 0 nitrogen and oxygen atoms in total. The van der Waals surface area contributed by atoms with Crippen molar-refractivity contribution in [2.24, 2.45) is 0 Å². The first-order valence-electron chi connectivity index (χ1n) is 1.15. The van der Waals surface area contributed by atoms with Gasteiger partial charge in [0.15, 0.2) is 0 Å². The normalized spacial score (nSPS) is 2.14. The third-order valence-corrected chi connectivity index (χ3v) is 0. The Morgan fingerprint density at radius 1 is 1.00 bits per heavy atom. The van der Waals surface area contributed by atoms with Crippen LogP contribution in [0.5, 0.6) is 0 Å². The lowest BCUT2D eigenvalue weighted by atomic mass is 10.2. The van der Waals surface area contributed by atoms with Gasteiger partial charge in [0, 0.05) is 0 Å². The highest BCUT2D eigenvalue weighted by Crippen LogP contribution is 0.960. The maximum atomic E-state index is 6.08. The Bertz CT molecular complexity index is 8.49. The molecule has 0 fully saturated rings. The van der Waals surface area contributed by atoms with E-state index in [-0.39, 0.29) is 37.1 Å². The molecule has 0 rings (SSSR count). The Balaban J connectivity index is -0.00000000200. The van der Waals surface area contributed by atoms with Crippen molar-refractivity contribution >= 4 is 7.81 Å². The molecule has 7 heavy (non-hydrogen) atoms. The fraction of sp³-hybridized carbons (Fsp3) is 1.00. The molecule has 51 valence electrons. The van der Waals surface area contributed by atoms with E-state index in [2.05, 4.69) is 0 Å². The average Bonchev–Trinajstić information content (AvgIpc) is 0.918. The molecular formula is C6H24B. The highest BCUT2D eigenvalue weighted by atomic mass is 12.6. The summed E-state index contributed by atoms with van der Waals surface area (Å²) in [6.07, 6.45) is 0. The predicted molar refractivity (Wildman–Crippen MR) is 46.7 cm³/mol. The number of rotatable bonds is 0. The smallest absolute Gasteiger partial charge is 0.0823 e. The van der Waals surface area contributed by atoms with Crippen molar-refractivity contribution in [3.8, 4) is 0 Å². The van der Waals surface area contributed by atoms with Crippen LogP contribution in [0.25, 0.3) is 0 Å². The van der Waals surface area contributed by atoms with Gasteiger partial charge >= 0.3 is 0 Å². The van der Waals surface area contributed by atoms with Crippen molar-refractivity contribution in [2.45, 2.75) is 44.0 Å². The summed E-state index contributed by atoms with van der Waals surface area (Å²) in [5.41, 5.74) is 0. The zero-order chi connectivity index (χ0) is 2.71. The van der Waals surface area contributed by atoms with E-state index in [1.807, 2.05) is 0 Å². The van der Waals surface area contributed by atoms with Gasteiger partial charge in [-0.05, 0) is 1.34 Å². The van der Waals surface area contributed by atoms with Gasteiger partial charge in [-0.2, -0.15) is 0 Å². The molecule has 1 radical (unpaired) electrons. The minimum atomic E-state index is 0. The summed E-state index contributed by atoms with van der Waals surface area (Å²) in [4.78, 5) is 0. The van der Waals surface area contributed by atoms with E-state index in [9.17, 15) is 0 Å². The van der Waals surface area contributed by atoms with Crippen LogP contribution in [0, 0.1) is 0 Å². The van der Waals surface area contributed by atoms with Gasteiger partial charge in [0.2, 0.25) is 0 Å². The molecule has 0 bridgehead atoms. The molecule has 0 aliphatic heterocycles. The van der Waals surface area contributed by atoms with Crippen molar-refractivity contribution in [1.82, 2.24) is 0 Å². The van der Waals surface area contributed by atoms with Crippen LogP contribution in [-0.4, -0.2) is 9.15 Å². The summed E-state index contributed by atoms with van der Waals surface area (Å²) in [6.45, 7) is 1.67. The van der Waals surface area contributed by atoms with E-state index in [1.54, 1.807) is 6.82 Å². The average molecular weight is 109 g/mol. The van der Waals surface area contributed by atoms with Gasteiger partial charge in [0.1, 0.15) is 0 Å². The third-order valence-electron chi connectivity index (χ3n) is 0. The van der Waals surface area contributed by atoms with Crippen molar-refractivity contribution in [2.75, 3.05) is 0 Å². The van der Waals surface area contributed by atoms with Gasteiger partial charge in [-0.3, -0.25) is 0 Å². The molecule has 0 aromatic rings. The van der Waals surface area contributed by atoms with Gasteiger partial charge in [0.25, 0.3) is 0 Å².